The van der Waals surface area contributed by atoms with Crippen LogP contribution < -0.4 is 4.84 Å². The van der Waals surface area contributed by atoms with Crippen molar-refractivity contribution < 1.29 is 0 Å². The molecule has 1 fully saturated rings. The fraction of sp³-hybridized carbons (Fsp3) is 0.500. The number of aromatic nitrogens is 3. The van der Waals surface area contributed by atoms with E-state index >= 15 is 0 Å². The van der Waals surface area contributed by atoms with Crippen molar-refractivity contribution in [3.63, 3.8) is 0 Å². The maximum Gasteiger partial charge on any atom is 0.155 e. The molecule has 2 aromatic heterocycles. The number of hydrogen-bond acceptors (Lipinski definition) is 4. The molecule has 2 aromatic rings. The van der Waals surface area contributed by atoms with Gasteiger partial charge in [-0.1, -0.05) is 19.3 Å². The normalized spacial score (nSPS) is 18.0. The molecule has 0 aromatic carbocycles. The summed E-state index contributed by atoms with van der Waals surface area (Å²) in [6.45, 7) is 0. The van der Waals surface area contributed by atoms with Crippen LogP contribution in [0.2, 0.25) is 0 Å². The van der Waals surface area contributed by atoms with E-state index in [1.54, 1.807) is 16.8 Å². The number of halogens is 1. The molecule has 5 nitrogen and oxygen atoms in total. The van der Waals surface area contributed by atoms with Gasteiger partial charge >= 0.3 is 0 Å². The summed E-state index contributed by atoms with van der Waals surface area (Å²) in [5, 5.41) is 13.1. The molecule has 6 heteroatoms. The Kier molecular flexibility index (Phi) is 3.86. The minimum Gasteiger partial charge on any atom is -0.230 e. The molecule has 3 rings (SSSR count). The molecule has 0 bridgehead atoms. The molecule has 0 spiro atoms. The van der Waals surface area contributed by atoms with Crippen LogP contribution in [0.3, 0.4) is 0 Å². The molecule has 0 unspecified atom stereocenters. The van der Waals surface area contributed by atoms with Crippen molar-refractivity contribution >= 4 is 17.4 Å². The predicted molar refractivity (Wildman–Crippen MR) is 76.0 cm³/mol. The Morgan fingerprint density at radius 1 is 1.40 bits per heavy atom. The minimum atomic E-state index is 0.0456. The molecule has 0 aliphatic heterocycles. The summed E-state index contributed by atoms with van der Waals surface area (Å²) in [6, 6.07) is 3.86. The summed E-state index contributed by atoms with van der Waals surface area (Å²) in [7, 11) is 0. The lowest BCUT2D eigenvalue weighted by Crippen LogP contribution is -2.24. The number of nitriles is 1. The highest BCUT2D eigenvalue weighted by atomic mass is 35.5. The van der Waals surface area contributed by atoms with Gasteiger partial charge in [-0.15, -0.1) is 0 Å². The standard InChI is InChI=1S/C14H16ClN5/c15-19-14(11-4-2-1-3-5-11)12-9-20-13(18-12)6-10(7-16)8-17-20/h6,8-9,11,14,19H,1-5H2/t14-/m0/s1. The van der Waals surface area contributed by atoms with Crippen molar-refractivity contribution in [1.29, 1.82) is 5.26 Å². The van der Waals surface area contributed by atoms with Gasteiger partial charge in [0.1, 0.15) is 6.07 Å². The van der Waals surface area contributed by atoms with Crippen LogP contribution >= 0.6 is 11.8 Å². The molecule has 0 saturated heterocycles. The first-order valence-corrected chi connectivity index (χ1v) is 7.31. The average Bonchev–Trinajstić information content (AvgIpc) is 2.91. The van der Waals surface area contributed by atoms with E-state index in [1.807, 2.05) is 6.20 Å². The van der Waals surface area contributed by atoms with Gasteiger partial charge in [0, 0.05) is 6.07 Å². The molecule has 0 amide bonds. The first-order valence-electron chi connectivity index (χ1n) is 6.93. The largest absolute Gasteiger partial charge is 0.230 e. The van der Waals surface area contributed by atoms with Gasteiger partial charge < -0.3 is 0 Å². The smallest absolute Gasteiger partial charge is 0.155 e. The fourth-order valence-corrected chi connectivity index (χ4v) is 3.25. The summed E-state index contributed by atoms with van der Waals surface area (Å²) in [5.74, 6) is 0.515. The Hall–Kier alpha value is -1.64. The Balaban J connectivity index is 1.93. The van der Waals surface area contributed by atoms with E-state index in [1.165, 1.54) is 32.1 Å². The summed E-state index contributed by atoms with van der Waals surface area (Å²) < 4.78 is 1.69. The number of fused-ring (bicyclic) bond motifs is 1. The maximum atomic E-state index is 8.90. The Morgan fingerprint density at radius 3 is 2.90 bits per heavy atom. The van der Waals surface area contributed by atoms with E-state index in [2.05, 4.69) is 21.0 Å². The molecule has 1 atom stereocenters. The highest BCUT2D eigenvalue weighted by Gasteiger charge is 2.26. The van der Waals surface area contributed by atoms with Crippen LogP contribution in [0.15, 0.2) is 18.5 Å². The molecule has 20 heavy (non-hydrogen) atoms. The zero-order valence-corrected chi connectivity index (χ0v) is 11.8. The summed E-state index contributed by atoms with van der Waals surface area (Å²) >= 11 is 5.95. The van der Waals surface area contributed by atoms with Crippen LogP contribution in [0, 0.1) is 17.2 Å². The van der Waals surface area contributed by atoms with E-state index < -0.39 is 0 Å². The van der Waals surface area contributed by atoms with E-state index in [0.717, 1.165) is 5.69 Å². The van der Waals surface area contributed by atoms with Gasteiger partial charge in [0.25, 0.3) is 0 Å². The number of rotatable bonds is 3. The lowest BCUT2D eigenvalue weighted by molar-refractivity contribution is 0.293. The molecule has 104 valence electrons. The van der Waals surface area contributed by atoms with E-state index in [-0.39, 0.29) is 6.04 Å². The number of hydrogen-bond donors (Lipinski definition) is 1. The first kappa shape index (κ1) is 13.3. The van der Waals surface area contributed by atoms with Gasteiger partial charge in [-0.3, -0.25) is 0 Å². The van der Waals surface area contributed by atoms with Gasteiger partial charge in [-0.05, 0) is 30.5 Å². The zero-order chi connectivity index (χ0) is 13.9. The van der Waals surface area contributed by atoms with Gasteiger partial charge in [0.05, 0.1) is 29.7 Å². The summed E-state index contributed by atoms with van der Waals surface area (Å²) in [5.41, 5.74) is 2.10. The molecule has 1 aliphatic rings. The van der Waals surface area contributed by atoms with Crippen molar-refractivity contribution in [2.75, 3.05) is 0 Å². The molecule has 1 N–H and O–H groups in total. The van der Waals surface area contributed by atoms with Crippen LogP contribution in [0.25, 0.3) is 5.65 Å². The van der Waals surface area contributed by atoms with E-state index in [4.69, 9.17) is 17.0 Å². The van der Waals surface area contributed by atoms with Crippen molar-refractivity contribution in [3.8, 4) is 6.07 Å². The van der Waals surface area contributed by atoms with E-state index in [0.29, 0.717) is 17.1 Å². The third-order valence-electron chi connectivity index (χ3n) is 4.03. The highest BCUT2D eigenvalue weighted by Crippen LogP contribution is 2.34. The highest BCUT2D eigenvalue weighted by molar-refractivity contribution is 6.13. The molecule has 0 radical (unpaired) electrons. The lowest BCUT2D eigenvalue weighted by atomic mass is 9.83. The second-order valence-electron chi connectivity index (χ2n) is 5.31. The molecule has 2 heterocycles. The van der Waals surface area contributed by atoms with Crippen LogP contribution in [-0.2, 0) is 0 Å². The second kappa shape index (κ2) is 5.78. The summed E-state index contributed by atoms with van der Waals surface area (Å²) in [4.78, 5) is 7.45. The van der Waals surface area contributed by atoms with Crippen LogP contribution in [-0.4, -0.2) is 14.6 Å². The zero-order valence-electron chi connectivity index (χ0n) is 11.1. The minimum absolute atomic E-state index is 0.0456. The first-order chi connectivity index (χ1) is 9.81. The Labute approximate surface area is 122 Å². The topological polar surface area (TPSA) is 66.0 Å². The third kappa shape index (κ3) is 2.49. The third-order valence-corrected chi connectivity index (χ3v) is 4.26. The van der Waals surface area contributed by atoms with Gasteiger partial charge in [-0.25, -0.2) is 14.3 Å². The Morgan fingerprint density at radius 2 is 2.20 bits per heavy atom. The average molecular weight is 290 g/mol. The van der Waals surface area contributed by atoms with Crippen molar-refractivity contribution in [2.45, 2.75) is 38.1 Å². The molecule has 1 aliphatic carbocycles. The monoisotopic (exact) mass is 289 g/mol. The maximum absolute atomic E-state index is 8.90. The Bertz CT molecular complexity index is 639. The fourth-order valence-electron chi connectivity index (χ4n) is 2.96. The number of imidazole rings is 1. The van der Waals surface area contributed by atoms with Crippen LogP contribution in [0.4, 0.5) is 0 Å². The second-order valence-corrected chi connectivity index (χ2v) is 5.53. The van der Waals surface area contributed by atoms with Gasteiger partial charge in [0.15, 0.2) is 5.65 Å². The van der Waals surface area contributed by atoms with Gasteiger partial charge in [-0.2, -0.15) is 10.4 Å². The number of nitrogens with one attached hydrogen (secondary N) is 1. The summed E-state index contributed by atoms with van der Waals surface area (Å²) in [6.07, 6.45) is 9.61. The van der Waals surface area contributed by atoms with E-state index in [9.17, 15) is 0 Å². The van der Waals surface area contributed by atoms with Crippen molar-refractivity contribution in [2.24, 2.45) is 5.92 Å². The molecular weight excluding hydrogens is 274 g/mol. The van der Waals surface area contributed by atoms with Crippen LogP contribution in [0.5, 0.6) is 0 Å². The quantitative estimate of drug-likeness (QED) is 0.882. The van der Waals surface area contributed by atoms with Gasteiger partial charge in [0.2, 0.25) is 0 Å². The van der Waals surface area contributed by atoms with Crippen molar-refractivity contribution in [3.05, 3.63) is 29.7 Å². The number of nitrogens with zero attached hydrogens (tertiary/aromatic N) is 4. The molecular formula is C14H16ClN5. The lowest BCUT2D eigenvalue weighted by Gasteiger charge is -2.27. The predicted octanol–water partition coefficient (Wildman–Crippen LogP) is 2.97. The van der Waals surface area contributed by atoms with Crippen molar-refractivity contribution in [1.82, 2.24) is 19.4 Å². The SMILES string of the molecule is N#Cc1cnn2cc([C@@H](NCl)C3CCCCC3)nc2c1. The molecule has 1 saturated carbocycles. The van der Waals surface area contributed by atoms with Crippen LogP contribution in [0.1, 0.15) is 49.4 Å².